The number of aromatic nitrogens is 2. The Balaban J connectivity index is 1.95. The summed E-state index contributed by atoms with van der Waals surface area (Å²) in [7, 11) is 1.97. The molecule has 0 bridgehead atoms. The highest BCUT2D eigenvalue weighted by Gasteiger charge is 2.32. The van der Waals surface area contributed by atoms with Crippen molar-refractivity contribution in [3.63, 3.8) is 0 Å². The summed E-state index contributed by atoms with van der Waals surface area (Å²) in [5, 5.41) is 0. The van der Waals surface area contributed by atoms with E-state index in [4.69, 9.17) is 4.74 Å². The molecule has 0 saturated carbocycles. The van der Waals surface area contributed by atoms with Gasteiger partial charge in [-0.3, -0.25) is 0 Å². The third-order valence-electron chi connectivity index (χ3n) is 3.33. The van der Waals surface area contributed by atoms with Gasteiger partial charge in [-0.25, -0.2) is 14.8 Å². The van der Waals surface area contributed by atoms with Gasteiger partial charge in [-0.05, 0) is 43.1 Å². The second-order valence-electron chi connectivity index (χ2n) is 6.18. The minimum absolute atomic E-state index is 0.230. The Morgan fingerprint density at radius 3 is 2.71 bits per heavy atom. The first-order valence-corrected chi connectivity index (χ1v) is 7.74. The summed E-state index contributed by atoms with van der Waals surface area (Å²) in [4.78, 5) is 24.4. The number of hydrogen-bond acceptors (Lipinski definition) is 5. The molecule has 0 aromatic carbocycles. The average Bonchev–Trinajstić information content (AvgIpc) is 2.86. The number of nitrogens with zero attached hydrogens (tertiary/aromatic N) is 4. The topological polar surface area (TPSA) is 58.6 Å². The highest BCUT2D eigenvalue weighted by Crippen LogP contribution is 2.21. The van der Waals surface area contributed by atoms with Crippen LogP contribution in [0.3, 0.4) is 0 Å². The first-order chi connectivity index (χ1) is 9.76. The average molecular weight is 357 g/mol. The molecule has 0 radical (unpaired) electrons. The third-order valence-corrected chi connectivity index (χ3v) is 3.74. The van der Waals surface area contributed by atoms with Crippen LogP contribution in [0.2, 0.25) is 0 Å². The lowest BCUT2D eigenvalue weighted by atomic mass is 10.2. The molecule has 1 saturated heterocycles. The number of anilines is 1. The van der Waals surface area contributed by atoms with Crippen LogP contribution in [-0.4, -0.2) is 52.7 Å². The summed E-state index contributed by atoms with van der Waals surface area (Å²) in [5.41, 5.74) is -0.460. The molecular formula is C14H21BrN4O2. The standard InChI is InChI=1S/C14H21BrN4O2/c1-14(2,3)21-13(20)19-6-5-10(9-19)18(4)12-8-16-11(15)7-17-12/h7-8,10H,5-6,9H2,1-4H3. The van der Waals surface area contributed by atoms with Crippen molar-refractivity contribution in [2.75, 3.05) is 25.0 Å². The van der Waals surface area contributed by atoms with E-state index in [1.165, 1.54) is 0 Å². The highest BCUT2D eigenvalue weighted by atomic mass is 79.9. The molecule has 1 aromatic rings. The Bertz CT molecular complexity index is 501. The molecule has 1 aromatic heterocycles. The number of likely N-dealkylation sites (tertiary alicyclic amines) is 1. The molecule has 1 aliphatic heterocycles. The molecular weight excluding hydrogens is 336 g/mol. The van der Waals surface area contributed by atoms with Crippen molar-refractivity contribution in [2.45, 2.75) is 38.8 Å². The van der Waals surface area contributed by atoms with Gasteiger partial charge < -0.3 is 14.5 Å². The largest absolute Gasteiger partial charge is 0.444 e. The van der Waals surface area contributed by atoms with Crippen LogP contribution in [0, 0.1) is 0 Å². The zero-order chi connectivity index (χ0) is 15.6. The zero-order valence-corrected chi connectivity index (χ0v) is 14.4. The molecule has 21 heavy (non-hydrogen) atoms. The van der Waals surface area contributed by atoms with E-state index in [0.29, 0.717) is 17.7 Å². The van der Waals surface area contributed by atoms with Crippen molar-refractivity contribution in [1.29, 1.82) is 0 Å². The van der Waals surface area contributed by atoms with Gasteiger partial charge in [-0.2, -0.15) is 0 Å². The number of halogens is 1. The van der Waals surface area contributed by atoms with Gasteiger partial charge in [0, 0.05) is 26.2 Å². The molecule has 1 unspecified atom stereocenters. The molecule has 2 heterocycles. The van der Waals surface area contributed by atoms with Crippen LogP contribution < -0.4 is 4.90 Å². The van der Waals surface area contributed by atoms with Crippen LogP contribution in [0.4, 0.5) is 10.6 Å². The summed E-state index contributed by atoms with van der Waals surface area (Å²) < 4.78 is 6.12. The van der Waals surface area contributed by atoms with Crippen LogP contribution in [0.15, 0.2) is 17.0 Å². The van der Waals surface area contributed by atoms with Crippen molar-refractivity contribution >= 4 is 27.8 Å². The Morgan fingerprint density at radius 2 is 2.14 bits per heavy atom. The van der Waals surface area contributed by atoms with Gasteiger partial charge in [0.25, 0.3) is 0 Å². The van der Waals surface area contributed by atoms with Gasteiger partial charge in [0.05, 0.1) is 12.4 Å². The predicted octanol–water partition coefficient (Wildman–Crippen LogP) is 2.68. The Kier molecular flexibility index (Phi) is 4.70. The quantitative estimate of drug-likeness (QED) is 0.815. The van der Waals surface area contributed by atoms with Gasteiger partial charge in [-0.15, -0.1) is 0 Å². The first kappa shape index (κ1) is 16.0. The van der Waals surface area contributed by atoms with Gasteiger partial charge in [0.2, 0.25) is 0 Å². The van der Waals surface area contributed by atoms with Gasteiger partial charge in [-0.1, -0.05) is 0 Å². The van der Waals surface area contributed by atoms with Crippen LogP contribution in [0.5, 0.6) is 0 Å². The summed E-state index contributed by atoms with van der Waals surface area (Å²) in [6.45, 7) is 6.98. The van der Waals surface area contributed by atoms with Gasteiger partial charge >= 0.3 is 6.09 Å². The van der Waals surface area contributed by atoms with E-state index in [1.54, 1.807) is 17.3 Å². The van der Waals surface area contributed by atoms with E-state index in [2.05, 4.69) is 30.8 Å². The molecule has 1 amide bonds. The molecule has 1 fully saturated rings. The lowest BCUT2D eigenvalue weighted by molar-refractivity contribution is 0.0292. The highest BCUT2D eigenvalue weighted by molar-refractivity contribution is 9.10. The van der Waals surface area contributed by atoms with E-state index in [9.17, 15) is 4.79 Å². The maximum atomic E-state index is 12.1. The van der Waals surface area contributed by atoms with Crippen molar-refractivity contribution in [2.24, 2.45) is 0 Å². The van der Waals surface area contributed by atoms with Crippen molar-refractivity contribution < 1.29 is 9.53 Å². The van der Waals surface area contributed by atoms with Gasteiger partial charge in [0.15, 0.2) is 0 Å². The molecule has 1 atom stereocenters. The molecule has 0 spiro atoms. The lowest BCUT2D eigenvalue weighted by Gasteiger charge is -2.27. The summed E-state index contributed by atoms with van der Waals surface area (Å²) in [5.74, 6) is 0.800. The number of carbonyl (C=O) groups is 1. The number of hydrogen-bond donors (Lipinski definition) is 0. The monoisotopic (exact) mass is 356 g/mol. The Hall–Kier alpha value is -1.37. The Morgan fingerprint density at radius 1 is 1.43 bits per heavy atom. The second-order valence-corrected chi connectivity index (χ2v) is 6.99. The minimum atomic E-state index is -0.460. The summed E-state index contributed by atoms with van der Waals surface area (Å²) in [6, 6.07) is 0.230. The molecule has 2 rings (SSSR count). The lowest BCUT2D eigenvalue weighted by Crippen LogP contribution is -2.39. The number of ether oxygens (including phenoxy) is 1. The van der Waals surface area contributed by atoms with E-state index < -0.39 is 5.60 Å². The molecule has 0 N–H and O–H groups in total. The Labute approximate surface area is 133 Å². The van der Waals surface area contributed by atoms with E-state index in [0.717, 1.165) is 12.2 Å². The van der Waals surface area contributed by atoms with Crippen LogP contribution in [0.25, 0.3) is 0 Å². The molecule has 116 valence electrons. The second kappa shape index (κ2) is 6.17. The molecule has 7 heteroatoms. The minimum Gasteiger partial charge on any atom is -0.444 e. The molecule has 0 aliphatic carbocycles. The number of likely N-dealkylation sites (N-methyl/N-ethyl adjacent to an activating group) is 1. The fraction of sp³-hybridized carbons (Fsp3) is 0.643. The number of rotatable bonds is 2. The van der Waals surface area contributed by atoms with Crippen molar-refractivity contribution in [1.82, 2.24) is 14.9 Å². The maximum absolute atomic E-state index is 12.1. The van der Waals surface area contributed by atoms with Crippen LogP contribution >= 0.6 is 15.9 Å². The van der Waals surface area contributed by atoms with Crippen LogP contribution in [0.1, 0.15) is 27.2 Å². The van der Waals surface area contributed by atoms with Crippen LogP contribution in [-0.2, 0) is 4.74 Å². The third kappa shape index (κ3) is 4.30. The van der Waals surface area contributed by atoms with Crippen molar-refractivity contribution in [3.8, 4) is 0 Å². The number of amides is 1. The zero-order valence-electron chi connectivity index (χ0n) is 12.8. The predicted molar refractivity (Wildman–Crippen MR) is 84.3 cm³/mol. The normalized spacial score (nSPS) is 18.7. The first-order valence-electron chi connectivity index (χ1n) is 6.94. The molecule has 1 aliphatic rings. The van der Waals surface area contributed by atoms with E-state index in [-0.39, 0.29) is 12.1 Å². The maximum Gasteiger partial charge on any atom is 0.410 e. The van der Waals surface area contributed by atoms with E-state index >= 15 is 0 Å². The van der Waals surface area contributed by atoms with Gasteiger partial charge in [0.1, 0.15) is 16.0 Å². The van der Waals surface area contributed by atoms with E-state index in [1.807, 2.05) is 27.8 Å². The number of carbonyl (C=O) groups excluding carboxylic acids is 1. The fourth-order valence-corrected chi connectivity index (χ4v) is 2.43. The smallest absolute Gasteiger partial charge is 0.410 e. The fourth-order valence-electron chi connectivity index (χ4n) is 2.22. The SMILES string of the molecule is CN(c1cnc(Br)cn1)C1CCN(C(=O)OC(C)(C)C)C1. The summed E-state index contributed by atoms with van der Waals surface area (Å²) >= 11 is 3.27. The van der Waals surface area contributed by atoms with Crippen molar-refractivity contribution in [3.05, 3.63) is 17.0 Å². The summed E-state index contributed by atoms with van der Waals surface area (Å²) in [6.07, 6.45) is 4.04. The molecule has 6 nitrogen and oxygen atoms in total.